The fourth-order valence-corrected chi connectivity index (χ4v) is 2.92. The van der Waals surface area contributed by atoms with Gasteiger partial charge in [-0.3, -0.25) is 9.98 Å². The number of alkyl halides is 12. The van der Waals surface area contributed by atoms with Gasteiger partial charge in [-0.15, -0.1) is 0 Å². The van der Waals surface area contributed by atoms with Crippen molar-refractivity contribution in [3.63, 3.8) is 0 Å². The number of pyridine rings is 1. The van der Waals surface area contributed by atoms with E-state index in [4.69, 9.17) is 0 Å². The fraction of sp³-hybridized carbons (Fsp3) is 0.174. The molecule has 0 spiro atoms. The topological polar surface area (TPSA) is 37.6 Å². The van der Waals surface area contributed by atoms with Crippen LogP contribution in [0.3, 0.4) is 0 Å². The van der Waals surface area contributed by atoms with Gasteiger partial charge in [-0.2, -0.15) is 52.7 Å². The average molecular weight is 557 g/mol. The van der Waals surface area contributed by atoms with E-state index in [1.165, 1.54) is 18.2 Å². The summed E-state index contributed by atoms with van der Waals surface area (Å²) >= 11 is 0. The van der Waals surface area contributed by atoms with Crippen molar-refractivity contribution < 1.29 is 52.7 Å². The van der Waals surface area contributed by atoms with Crippen molar-refractivity contribution >= 4 is 23.8 Å². The number of aliphatic imine (C=N–C) groups is 2. The molecule has 202 valence electrons. The Labute approximate surface area is 205 Å². The molecule has 0 bridgehead atoms. The van der Waals surface area contributed by atoms with E-state index >= 15 is 0 Å². The summed E-state index contributed by atoms with van der Waals surface area (Å²) in [5.41, 5.74) is -7.98. The van der Waals surface area contributed by atoms with Crippen molar-refractivity contribution in [2.24, 2.45) is 9.98 Å². The number of rotatable bonds is 4. The number of nitrogens with zero attached hydrogens (tertiary/aromatic N) is 3. The van der Waals surface area contributed by atoms with Gasteiger partial charge in [-0.1, -0.05) is 6.07 Å². The highest BCUT2D eigenvalue weighted by molar-refractivity contribution is 5.84. The highest BCUT2D eigenvalue weighted by Gasteiger charge is 2.38. The zero-order valence-corrected chi connectivity index (χ0v) is 18.2. The summed E-state index contributed by atoms with van der Waals surface area (Å²) < 4.78 is 156. The van der Waals surface area contributed by atoms with E-state index in [1.807, 2.05) is 0 Å². The van der Waals surface area contributed by atoms with Crippen molar-refractivity contribution in [3.8, 4) is 0 Å². The maximum absolute atomic E-state index is 13.0. The molecule has 0 atom stereocenters. The molecule has 0 saturated carbocycles. The summed E-state index contributed by atoms with van der Waals surface area (Å²) in [4.78, 5) is 11.1. The number of benzene rings is 2. The molecular weight excluding hydrogens is 546 g/mol. The molecule has 0 saturated heterocycles. The molecule has 0 unspecified atom stereocenters. The van der Waals surface area contributed by atoms with E-state index in [1.54, 1.807) is 0 Å². The molecule has 0 aliphatic heterocycles. The Morgan fingerprint density at radius 3 is 1.03 bits per heavy atom. The average Bonchev–Trinajstić information content (AvgIpc) is 2.79. The highest BCUT2D eigenvalue weighted by atomic mass is 19.4. The Morgan fingerprint density at radius 2 is 0.763 bits per heavy atom. The van der Waals surface area contributed by atoms with Crippen LogP contribution in [0.4, 0.5) is 64.1 Å². The molecule has 3 aromatic rings. The molecule has 15 heteroatoms. The molecular formula is C23H11F12N3. The van der Waals surface area contributed by atoms with E-state index in [-0.39, 0.29) is 23.5 Å². The normalized spacial score (nSPS) is 13.6. The molecule has 3 rings (SSSR count). The van der Waals surface area contributed by atoms with Gasteiger partial charge in [-0.25, -0.2) is 4.98 Å². The van der Waals surface area contributed by atoms with Crippen LogP contribution >= 0.6 is 0 Å². The molecule has 38 heavy (non-hydrogen) atoms. The second kappa shape index (κ2) is 10.1. The molecule has 3 nitrogen and oxygen atoms in total. The zero-order chi connectivity index (χ0) is 28.5. The molecule has 2 aromatic carbocycles. The van der Waals surface area contributed by atoms with E-state index in [9.17, 15) is 52.7 Å². The molecule has 0 fully saturated rings. The third-order valence-corrected chi connectivity index (χ3v) is 4.63. The lowest BCUT2D eigenvalue weighted by Crippen LogP contribution is -2.10. The summed E-state index contributed by atoms with van der Waals surface area (Å²) in [7, 11) is 0. The maximum atomic E-state index is 13.0. The van der Waals surface area contributed by atoms with Crippen LogP contribution in [0, 0.1) is 0 Å². The quantitative estimate of drug-likeness (QED) is 0.234. The Morgan fingerprint density at radius 1 is 0.474 bits per heavy atom. The minimum absolute atomic E-state index is 0.0770. The minimum atomic E-state index is -5.09. The lowest BCUT2D eigenvalue weighted by atomic mass is 10.1. The summed E-state index contributed by atoms with van der Waals surface area (Å²) in [5, 5.41) is 0. The lowest BCUT2D eigenvalue weighted by molar-refractivity contribution is -0.144. The summed E-state index contributed by atoms with van der Waals surface area (Å²) in [6.07, 6.45) is -18.7. The van der Waals surface area contributed by atoms with Gasteiger partial charge < -0.3 is 0 Å². The van der Waals surface area contributed by atoms with Crippen LogP contribution in [0.5, 0.6) is 0 Å². The Hall–Kier alpha value is -3.91. The van der Waals surface area contributed by atoms with Crippen LogP contribution < -0.4 is 0 Å². The molecule has 1 aromatic heterocycles. The molecule has 0 aliphatic rings. The number of halogens is 12. The van der Waals surface area contributed by atoms with Gasteiger partial charge in [0.15, 0.2) is 0 Å². The first-order valence-corrected chi connectivity index (χ1v) is 9.96. The van der Waals surface area contributed by atoms with Gasteiger partial charge in [0.05, 0.1) is 57.4 Å². The van der Waals surface area contributed by atoms with Gasteiger partial charge in [0, 0.05) is 0 Å². The van der Waals surface area contributed by atoms with Crippen LogP contribution in [-0.2, 0) is 24.7 Å². The van der Waals surface area contributed by atoms with Crippen LogP contribution in [0.15, 0.2) is 64.6 Å². The fourth-order valence-electron chi connectivity index (χ4n) is 2.92. The van der Waals surface area contributed by atoms with Crippen LogP contribution in [-0.4, -0.2) is 17.4 Å². The molecule has 0 aliphatic carbocycles. The first-order chi connectivity index (χ1) is 17.3. The Balaban J connectivity index is 1.92. The van der Waals surface area contributed by atoms with E-state index in [2.05, 4.69) is 15.0 Å². The molecule has 0 radical (unpaired) electrons. The van der Waals surface area contributed by atoms with Gasteiger partial charge in [0.25, 0.3) is 0 Å². The Kier molecular flexibility index (Phi) is 7.62. The number of aromatic nitrogens is 1. The highest BCUT2D eigenvalue weighted by Crippen LogP contribution is 2.39. The largest absolute Gasteiger partial charge is 0.416 e. The van der Waals surface area contributed by atoms with Gasteiger partial charge in [-0.05, 0) is 48.5 Å². The summed E-state index contributed by atoms with van der Waals surface area (Å²) in [6.45, 7) is 0. The summed E-state index contributed by atoms with van der Waals surface area (Å²) in [6, 6.07) is 5.13. The van der Waals surface area contributed by atoms with Crippen LogP contribution in [0.25, 0.3) is 0 Å². The SMILES string of the molecule is FC(F)(F)c1cc(N=Cc2cccc(C=Nc3cc(C(F)(F)F)cc(C(F)(F)F)c3)n2)cc(C(F)(F)F)c1. The van der Waals surface area contributed by atoms with Crippen molar-refractivity contribution in [3.05, 3.63) is 88.2 Å². The predicted molar refractivity (Wildman–Crippen MR) is 112 cm³/mol. The Bertz CT molecular complexity index is 1200. The van der Waals surface area contributed by atoms with E-state index < -0.39 is 58.3 Å². The maximum Gasteiger partial charge on any atom is 0.416 e. The second-order valence-corrected chi connectivity index (χ2v) is 7.53. The predicted octanol–water partition coefficient (Wildman–Crippen LogP) is 8.66. The number of hydrogen-bond acceptors (Lipinski definition) is 3. The third-order valence-electron chi connectivity index (χ3n) is 4.63. The van der Waals surface area contributed by atoms with Crippen molar-refractivity contribution in [1.82, 2.24) is 4.98 Å². The van der Waals surface area contributed by atoms with Gasteiger partial charge >= 0.3 is 24.7 Å². The molecule has 1 heterocycles. The van der Waals surface area contributed by atoms with Crippen molar-refractivity contribution in [2.75, 3.05) is 0 Å². The van der Waals surface area contributed by atoms with Crippen LogP contribution in [0.1, 0.15) is 33.6 Å². The van der Waals surface area contributed by atoms with E-state index in [0.29, 0.717) is 24.3 Å². The molecule has 0 N–H and O–H groups in total. The molecule has 0 amide bonds. The number of hydrogen-bond donors (Lipinski definition) is 0. The van der Waals surface area contributed by atoms with Crippen LogP contribution in [0.2, 0.25) is 0 Å². The standard InChI is InChI=1S/C23H11F12N3/c24-20(25,26)12-4-13(21(27,28)29)7-18(6-12)36-10-16-2-1-3-17(38-16)11-37-19-8-14(22(30,31)32)5-15(9-19)23(33,34)35/h1-11H. The third kappa shape index (κ3) is 7.55. The monoisotopic (exact) mass is 557 g/mol. The first-order valence-electron chi connectivity index (χ1n) is 9.96. The van der Waals surface area contributed by atoms with Crippen molar-refractivity contribution in [2.45, 2.75) is 24.7 Å². The van der Waals surface area contributed by atoms with Gasteiger partial charge in [0.2, 0.25) is 0 Å². The van der Waals surface area contributed by atoms with Gasteiger partial charge in [0.1, 0.15) is 0 Å². The smallest absolute Gasteiger partial charge is 0.255 e. The minimum Gasteiger partial charge on any atom is -0.255 e. The first kappa shape index (κ1) is 28.7. The second-order valence-electron chi connectivity index (χ2n) is 7.53. The lowest BCUT2D eigenvalue weighted by Gasteiger charge is -2.12. The van der Waals surface area contributed by atoms with Crippen molar-refractivity contribution in [1.29, 1.82) is 0 Å². The van der Waals surface area contributed by atoms with E-state index in [0.717, 1.165) is 12.4 Å². The summed E-state index contributed by atoms with van der Waals surface area (Å²) in [5.74, 6) is 0. The zero-order valence-electron chi connectivity index (χ0n) is 18.2.